The minimum atomic E-state index is -0.252. The number of methoxy groups -OCH3 is 1. The SMILES string of the molecule is CCOc1ccc(-c2cnc(NCc3cc(Br)ccc3F)n2CCOC)cc1. The first kappa shape index (κ1) is 20.4. The van der Waals surface area contributed by atoms with Crippen molar-refractivity contribution in [1.82, 2.24) is 9.55 Å². The number of hydrogen-bond acceptors (Lipinski definition) is 4. The number of imidazole rings is 1. The Labute approximate surface area is 172 Å². The molecule has 0 radical (unpaired) electrons. The van der Waals surface area contributed by atoms with Gasteiger partial charge in [-0.05, 0) is 49.4 Å². The van der Waals surface area contributed by atoms with Crippen molar-refractivity contribution in [2.45, 2.75) is 20.0 Å². The Hall–Kier alpha value is -2.38. The lowest BCUT2D eigenvalue weighted by atomic mass is 10.1. The molecule has 0 atom stereocenters. The Morgan fingerprint density at radius 1 is 1.18 bits per heavy atom. The van der Waals surface area contributed by atoms with E-state index in [4.69, 9.17) is 9.47 Å². The van der Waals surface area contributed by atoms with Crippen molar-refractivity contribution in [1.29, 1.82) is 0 Å². The first-order chi connectivity index (χ1) is 13.6. The van der Waals surface area contributed by atoms with Crippen molar-refractivity contribution in [2.24, 2.45) is 0 Å². The molecular weight excluding hydrogens is 425 g/mol. The van der Waals surface area contributed by atoms with E-state index in [1.807, 2.05) is 42.0 Å². The average Bonchev–Trinajstić information content (AvgIpc) is 3.10. The maximum absolute atomic E-state index is 14.0. The van der Waals surface area contributed by atoms with E-state index >= 15 is 0 Å². The molecule has 0 unspecified atom stereocenters. The number of anilines is 1. The normalized spacial score (nSPS) is 10.9. The summed E-state index contributed by atoms with van der Waals surface area (Å²) in [7, 11) is 1.66. The predicted molar refractivity (Wildman–Crippen MR) is 112 cm³/mol. The molecule has 0 aliphatic heterocycles. The molecule has 0 saturated carbocycles. The summed E-state index contributed by atoms with van der Waals surface area (Å²) in [5, 5.41) is 3.24. The molecule has 0 spiro atoms. The van der Waals surface area contributed by atoms with Crippen LogP contribution in [0.2, 0.25) is 0 Å². The first-order valence-electron chi connectivity index (χ1n) is 9.08. The summed E-state index contributed by atoms with van der Waals surface area (Å²) in [6.07, 6.45) is 1.81. The quantitative estimate of drug-likeness (QED) is 0.495. The minimum absolute atomic E-state index is 0.252. The molecule has 3 rings (SSSR count). The van der Waals surface area contributed by atoms with Gasteiger partial charge in [0.05, 0.1) is 25.1 Å². The second-order valence-electron chi connectivity index (χ2n) is 6.16. The largest absolute Gasteiger partial charge is 0.494 e. The van der Waals surface area contributed by atoms with Gasteiger partial charge < -0.3 is 19.4 Å². The van der Waals surface area contributed by atoms with Crippen molar-refractivity contribution < 1.29 is 13.9 Å². The molecule has 0 bridgehead atoms. The minimum Gasteiger partial charge on any atom is -0.494 e. The van der Waals surface area contributed by atoms with Gasteiger partial charge in [0.1, 0.15) is 11.6 Å². The van der Waals surface area contributed by atoms with Gasteiger partial charge in [0.2, 0.25) is 5.95 Å². The maximum atomic E-state index is 14.0. The lowest BCUT2D eigenvalue weighted by Gasteiger charge is -2.14. The Bertz CT molecular complexity index is 913. The van der Waals surface area contributed by atoms with Gasteiger partial charge in [0, 0.05) is 35.8 Å². The van der Waals surface area contributed by atoms with E-state index in [9.17, 15) is 4.39 Å². The number of rotatable bonds is 9. The highest BCUT2D eigenvalue weighted by atomic mass is 79.9. The number of hydrogen-bond donors (Lipinski definition) is 1. The number of benzene rings is 2. The van der Waals surface area contributed by atoms with E-state index in [0.29, 0.717) is 37.8 Å². The summed E-state index contributed by atoms with van der Waals surface area (Å²) in [4.78, 5) is 4.50. The average molecular weight is 448 g/mol. The second-order valence-corrected chi connectivity index (χ2v) is 7.07. The Morgan fingerprint density at radius 2 is 1.96 bits per heavy atom. The van der Waals surface area contributed by atoms with E-state index < -0.39 is 0 Å². The summed E-state index contributed by atoms with van der Waals surface area (Å²) in [5.74, 6) is 1.25. The molecule has 2 aromatic carbocycles. The molecule has 1 N–H and O–H groups in total. The standard InChI is InChI=1S/C21H23BrFN3O2/c1-3-28-18-7-4-15(5-8-18)20-14-25-21(26(20)10-11-27-2)24-13-16-12-17(22)6-9-19(16)23/h4-9,12,14H,3,10-11,13H2,1-2H3,(H,24,25). The summed E-state index contributed by atoms with van der Waals surface area (Å²) < 4.78 is 27.7. The van der Waals surface area contributed by atoms with Crippen LogP contribution in [0, 0.1) is 5.82 Å². The molecule has 0 amide bonds. The van der Waals surface area contributed by atoms with Gasteiger partial charge in [-0.1, -0.05) is 15.9 Å². The predicted octanol–water partition coefficient (Wildman–Crippen LogP) is 5.11. The van der Waals surface area contributed by atoms with Gasteiger partial charge in [0.25, 0.3) is 0 Å². The van der Waals surface area contributed by atoms with Crippen LogP contribution in [0.25, 0.3) is 11.3 Å². The summed E-state index contributed by atoms with van der Waals surface area (Å²) in [6.45, 7) is 4.09. The molecular formula is C21H23BrFN3O2. The fourth-order valence-corrected chi connectivity index (χ4v) is 3.31. The van der Waals surface area contributed by atoms with Crippen LogP contribution < -0.4 is 10.1 Å². The molecule has 5 nitrogen and oxygen atoms in total. The molecule has 0 saturated heterocycles. The highest BCUT2D eigenvalue weighted by Crippen LogP contribution is 2.26. The lowest BCUT2D eigenvalue weighted by Crippen LogP contribution is -2.12. The third-order valence-corrected chi connectivity index (χ3v) is 4.77. The number of nitrogens with one attached hydrogen (secondary N) is 1. The highest BCUT2D eigenvalue weighted by molar-refractivity contribution is 9.10. The molecule has 1 heterocycles. The number of nitrogens with zero attached hydrogens (tertiary/aromatic N) is 2. The molecule has 7 heteroatoms. The van der Waals surface area contributed by atoms with Crippen LogP contribution in [0.4, 0.5) is 10.3 Å². The van der Waals surface area contributed by atoms with E-state index in [0.717, 1.165) is 21.5 Å². The molecule has 28 heavy (non-hydrogen) atoms. The summed E-state index contributed by atoms with van der Waals surface area (Å²) >= 11 is 3.38. The topological polar surface area (TPSA) is 48.3 Å². The monoisotopic (exact) mass is 447 g/mol. The summed E-state index contributed by atoms with van der Waals surface area (Å²) in [5.41, 5.74) is 2.55. The van der Waals surface area contributed by atoms with E-state index in [1.165, 1.54) is 6.07 Å². The van der Waals surface area contributed by atoms with Gasteiger partial charge in [0.15, 0.2) is 0 Å². The van der Waals surface area contributed by atoms with Crippen molar-refractivity contribution in [3.63, 3.8) is 0 Å². The van der Waals surface area contributed by atoms with Crippen LogP contribution in [-0.2, 0) is 17.8 Å². The fraction of sp³-hybridized carbons (Fsp3) is 0.286. The van der Waals surface area contributed by atoms with Crippen molar-refractivity contribution in [3.8, 4) is 17.0 Å². The highest BCUT2D eigenvalue weighted by Gasteiger charge is 2.13. The van der Waals surface area contributed by atoms with Crippen LogP contribution in [0.3, 0.4) is 0 Å². The van der Waals surface area contributed by atoms with E-state index in [2.05, 4.69) is 26.2 Å². The Kier molecular flexibility index (Phi) is 7.06. The Balaban J connectivity index is 1.84. The fourth-order valence-electron chi connectivity index (χ4n) is 2.90. The van der Waals surface area contributed by atoms with Crippen molar-refractivity contribution in [3.05, 3.63) is 64.5 Å². The molecule has 0 aliphatic rings. The van der Waals surface area contributed by atoms with Gasteiger partial charge in [-0.15, -0.1) is 0 Å². The van der Waals surface area contributed by atoms with Crippen LogP contribution in [-0.4, -0.2) is 29.9 Å². The molecule has 148 valence electrons. The van der Waals surface area contributed by atoms with E-state index in [1.54, 1.807) is 19.2 Å². The Morgan fingerprint density at radius 3 is 2.68 bits per heavy atom. The third-order valence-electron chi connectivity index (χ3n) is 4.28. The van der Waals surface area contributed by atoms with Gasteiger partial charge >= 0.3 is 0 Å². The van der Waals surface area contributed by atoms with Crippen molar-refractivity contribution >= 4 is 21.9 Å². The molecule has 0 fully saturated rings. The van der Waals surface area contributed by atoms with Crippen LogP contribution >= 0.6 is 15.9 Å². The number of aromatic nitrogens is 2. The van der Waals surface area contributed by atoms with Gasteiger partial charge in [-0.3, -0.25) is 0 Å². The van der Waals surface area contributed by atoms with E-state index in [-0.39, 0.29) is 5.82 Å². The third kappa shape index (κ3) is 4.91. The van der Waals surface area contributed by atoms with Crippen LogP contribution in [0.1, 0.15) is 12.5 Å². The molecule has 3 aromatic rings. The van der Waals surface area contributed by atoms with Crippen LogP contribution in [0.15, 0.2) is 53.1 Å². The molecule has 1 aromatic heterocycles. The van der Waals surface area contributed by atoms with Crippen molar-refractivity contribution in [2.75, 3.05) is 25.6 Å². The lowest BCUT2D eigenvalue weighted by molar-refractivity contribution is 0.188. The maximum Gasteiger partial charge on any atom is 0.203 e. The van der Waals surface area contributed by atoms with Crippen LogP contribution in [0.5, 0.6) is 5.75 Å². The number of halogens is 2. The van der Waals surface area contributed by atoms with Gasteiger partial charge in [-0.2, -0.15) is 0 Å². The molecule has 0 aliphatic carbocycles. The second kappa shape index (κ2) is 9.71. The van der Waals surface area contributed by atoms with Gasteiger partial charge in [-0.25, -0.2) is 9.37 Å². The summed E-state index contributed by atoms with van der Waals surface area (Å²) in [6, 6.07) is 12.8. The smallest absolute Gasteiger partial charge is 0.203 e. The first-order valence-corrected chi connectivity index (χ1v) is 9.87. The zero-order valence-electron chi connectivity index (χ0n) is 15.9. The zero-order valence-corrected chi connectivity index (χ0v) is 17.5. The number of ether oxygens (including phenoxy) is 2. The zero-order chi connectivity index (χ0) is 19.9.